The number of nitrogens with zero attached hydrogens (tertiary/aromatic N) is 3. The zero-order chi connectivity index (χ0) is 20.5. The quantitative estimate of drug-likeness (QED) is 0.752. The van der Waals surface area contributed by atoms with Crippen LogP contribution in [0, 0.1) is 5.41 Å². The van der Waals surface area contributed by atoms with Crippen LogP contribution in [-0.2, 0) is 17.9 Å². The zero-order valence-corrected chi connectivity index (χ0v) is 16.7. The molecule has 0 aliphatic heterocycles. The van der Waals surface area contributed by atoms with Crippen LogP contribution < -0.4 is 5.32 Å². The van der Waals surface area contributed by atoms with E-state index in [2.05, 4.69) is 15.3 Å². The fraction of sp³-hybridized carbons (Fsp3) is 0.429. The number of rotatable bonds is 6. The van der Waals surface area contributed by atoms with Crippen molar-refractivity contribution in [1.82, 2.24) is 20.2 Å². The van der Waals surface area contributed by atoms with Crippen molar-refractivity contribution < 1.29 is 14.7 Å². The molecule has 0 atom stereocenters. The summed E-state index contributed by atoms with van der Waals surface area (Å²) in [5, 5.41) is 13.1. The van der Waals surface area contributed by atoms with E-state index in [0.29, 0.717) is 44.3 Å². The largest absolute Gasteiger partial charge is 0.465 e. The highest BCUT2D eigenvalue weighted by Gasteiger charge is 2.61. The second-order valence-corrected chi connectivity index (χ2v) is 8.37. The molecule has 2 aliphatic rings. The Morgan fingerprint density at radius 2 is 1.79 bits per heavy atom. The molecule has 4 rings (SSSR count). The molecule has 2 bridgehead atoms. The highest BCUT2D eigenvalue weighted by atomic mass is 35.5. The molecule has 2 saturated carbocycles. The normalized spacial score (nSPS) is 25.0. The number of halogens is 1. The molecule has 1 aromatic carbocycles. The minimum Gasteiger partial charge on any atom is -0.465 e. The van der Waals surface area contributed by atoms with E-state index in [-0.39, 0.29) is 17.6 Å². The lowest BCUT2D eigenvalue weighted by molar-refractivity contribution is -0.130. The first kappa shape index (κ1) is 19.6. The van der Waals surface area contributed by atoms with Gasteiger partial charge in [-0.1, -0.05) is 41.9 Å². The van der Waals surface area contributed by atoms with Gasteiger partial charge in [0.15, 0.2) is 5.15 Å². The van der Waals surface area contributed by atoms with Gasteiger partial charge in [-0.05, 0) is 37.7 Å². The minimum atomic E-state index is -0.932. The number of nitrogens with one attached hydrogen (secondary N) is 1. The van der Waals surface area contributed by atoms with E-state index in [9.17, 15) is 14.7 Å². The third-order valence-corrected chi connectivity index (χ3v) is 6.73. The first-order chi connectivity index (χ1) is 13.9. The Labute approximate surface area is 174 Å². The van der Waals surface area contributed by atoms with Gasteiger partial charge in [0.2, 0.25) is 5.91 Å². The summed E-state index contributed by atoms with van der Waals surface area (Å²) in [4.78, 5) is 34.8. The second-order valence-electron chi connectivity index (χ2n) is 8.01. The molecule has 29 heavy (non-hydrogen) atoms. The monoisotopic (exact) mass is 414 g/mol. The second kappa shape index (κ2) is 7.63. The van der Waals surface area contributed by atoms with E-state index in [4.69, 9.17) is 11.6 Å². The van der Waals surface area contributed by atoms with Crippen LogP contribution in [0.4, 0.5) is 4.79 Å². The summed E-state index contributed by atoms with van der Waals surface area (Å²) in [6, 6.07) is 9.59. The van der Waals surface area contributed by atoms with Crippen LogP contribution in [0.25, 0.3) is 0 Å². The average molecular weight is 415 g/mol. The standard InChI is InChI=1S/C21H23ClN4O3/c22-17-16(23-10-11-24-17)12-25-18(27)20-6-8-21(14-20,9-7-20)26(19(28)29)13-15-4-2-1-3-5-15/h1-5,10-11H,6-9,12-14H2,(H,25,27)(H,28,29). The van der Waals surface area contributed by atoms with Gasteiger partial charge in [0.05, 0.1) is 17.7 Å². The topological polar surface area (TPSA) is 95.4 Å². The Morgan fingerprint density at radius 3 is 2.45 bits per heavy atom. The third-order valence-electron chi connectivity index (χ3n) is 6.41. The van der Waals surface area contributed by atoms with Gasteiger partial charge in [0.25, 0.3) is 0 Å². The summed E-state index contributed by atoms with van der Waals surface area (Å²) in [6.45, 7) is 0.552. The summed E-state index contributed by atoms with van der Waals surface area (Å²) in [5.74, 6) is -0.0522. The lowest BCUT2D eigenvalue weighted by atomic mass is 9.83. The Hall–Kier alpha value is -2.67. The number of aromatic nitrogens is 2. The van der Waals surface area contributed by atoms with E-state index >= 15 is 0 Å². The van der Waals surface area contributed by atoms with E-state index in [1.807, 2.05) is 30.3 Å². The van der Waals surface area contributed by atoms with Crippen molar-refractivity contribution in [2.75, 3.05) is 0 Å². The first-order valence-corrected chi connectivity index (χ1v) is 10.1. The summed E-state index contributed by atoms with van der Waals surface area (Å²) in [5.41, 5.74) is 0.468. The molecule has 7 nitrogen and oxygen atoms in total. The van der Waals surface area contributed by atoms with Crippen molar-refractivity contribution >= 4 is 23.6 Å². The molecule has 1 heterocycles. The lowest BCUT2D eigenvalue weighted by Gasteiger charge is -2.38. The molecule has 1 aromatic heterocycles. The lowest BCUT2D eigenvalue weighted by Crippen LogP contribution is -2.48. The Balaban J connectivity index is 1.47. The molecule has 2 amide bonds. The molecule has 0 radical (unpaired) electrons. The SMILES string of the molecule is O=C(O)N(Cc1ccccc1)C12CCC(C(=O)NCc3nccnc3Cl)(CC1)C2. The van der Waals surface area contributed by atoms with Crippen LogP contribution in [-0.4, -0.2) is 37.5 Å². The van der Waals surface area contributed by atoms with E-state index in [1.54, 1.807) is 4.90 Å². The van der Waals surface area contributed by atoms with Crippen LogP contribution in [0.3, 0.4) is 0 Å². The molecular weight excluding hydrogens is 392 g/mol. The Morgan fingerprint density at radius 1 is 1.10 bits per heavy atom. The molecule has 0 saturated heterocycles. The number of hydrogen-bond acceptors (Lipinski definition) is 4. The Bertz CT molecular complexity index is 913. The fourth-order valence-corrected chi connectivity index (χ4v) is 5.05. The predicted molar refractivity (Wildman–Crippen MR) is 107 cm³/mol. The number of hydrogen-bond donors (Lipinski definition) is 2. The average Bonchev–Trinajstić information content (AvgIpc) is 3.30. The van der Waals surface area contributed by atoms with Gasteiger partial charge in [-0.15, -0.1) is 0 Å². The molecule has 2 aliphatic carbocycles. The van der Waals surface area contributed by atoms with Gasteiger partial charge in [0, 0.05) is 24.5 Å². The number of amides is 2. The smallest absolute Gasteiger partial charge is 0.408 e. The van der Waals surface area contributed by atoms with Crippen LogP contribution in [0.15, 0.2) is 42.7 Å². The van der Waals surface area contributed by atoms with Crippen LogP contribution >= 0.6 is 11.6 Å². The number of benzene rings is 1. The van der Waals surface area contributed by atoms with Gasteiger partial charge in [-0.2, -0.15) is 0 Å². The Kier molecular flexibility index (Phi) is 5.17. The summed E-state index contributed by atoms with van der Waals surface area (Å²) in [6.07, 6.45) is 5.43. The highest BCUT2D eigenvalue weighted by Crippen LogP contribution is 2.59. The van der Waals surface area contributed by atoms with Crippen molar-refractivity contribution in [3.05, 3.63) is 59.1 Å². The maximum Gasteiger partial charge on any atom is 0.408 e. The van der Waals surface area contributed by atoms with Gasteiger partial charge < -0.3 is 10.4 Å². The van der Waals surface area contributed by atoms with Crippen molar-refractivity contribution in [3.63, 3.8) is 0 Å². The van der Waals surface area contributed by atoms with Crippen molar-refractivity contribution in [1.29, 1.82) is 0 Å². The zero-order valence-electron chi connectivity index (χ0n) is 16.0. The summed E-state index contributed by atoms with van der Waals surface area (Å²) < 4.78 is 0. The third kappa shape index (κ3) is 3.67. The van der Waals surface area contributed by atoms with Crippen molar-refractivity contribution in [2.24, 2.45) is 5.41 Å². The van der Waals surface area contributed by atoms with Crippen LogP contribution in [0.1, 0.15) is 43.4 Å². The van der Waals surface area contributed by atoms with Crippen molar-refractivity contribution in [2.45, 2.75) is 50.7 Å². The van der Waals surface area contributed by atoms with Crippen molar-refractivity contribution in [3.8, 4) is 0 Å². The molecule has 152 valence electrons. The van der Waals surface area contributed by atoms with Gasteiger partial charge >= 0.3 is 6.09 Å². The van der Waals surface area contributed by atoms with E-state index < -0.39 is 17.0 Å². The minimum absolute atomic E-state index is 0.0522. The molecule has 0 spiro atoms. The molecule has 8 heteroatoms. The van der Waals surface area contributed by atoms with Gasteiger partial charge in [-0.25, -0.2) is 9.78 Å². The van der Waals surface area contributed by atoms with E-state index in [1.165, 1.54) is 12.4 Å². The van der Waals surface area contributed by atoms with Gasteiger partial charge in [0.1, 0.15) is 0 Å². The van der Waals surface area contributed by atoms with Crippen LogP contribution in [0.5, 0.6) is 0 Å². The molecule has 2 fully saturated rings. The molecule has 0 unspecified atom stereocenters. The summed E-state index contributed by atoms with van der Waals surface area (Å²) in [7, 11) is 0. The maximum atomic E-state index is 13.0. The summed E-state index contributed by atoms with van der Waals surface area (Å²) >= 11 is 6.02. The number of fused-ring (bicyclic) bond motifs is 2. The number of carbonyl (C=O) groups is 2. The van der Waals surface area contributed by atoms with E-state index in [0.717, 1.165) is 5.56 Å². The van der Waals surface area contributed by atoms with Gasteiger partial charge in [-0.3, -0.25) is 14.7 Å². The first-order valence-electron chi connectivity index (χ1n) is 9.72. The predicted octanol–water partition coefficient (Wildman–Crippen LogP) is 3.63. The number of carbonyl (C=O) groups excluding carboxylic acids is 1. The molecular formula is C21H23ClN4O3. The number of carboxylic acid groups (broad SMARTS) is 1. The highest BCUT2D eigenvalue weighted by molar-refractivity contribution is 6.29. The maximum absolute atomic E-state index is 13.0. The van der Waals surface area contributed by atoms with Crippen LogP contribution in [0.2, 0.25) is 5.15 Å². The molecule has 2 aromatic rings. The fourth-order valence-electron chi connectivity index (χ4n) is 4.87. The molecule has 2 N–H and O–H groups in total.